The number of nitro benzene ring substituents is 4. The number of nitrogens with zero attached hydrogens (tertiary/aromatic N) is 6. The van der Waals surface area contributed by atoms with Gasteiger partial charge in [-0.3, -0.25) is 51.3 Å². The van der Waals surface area contributed by atoms with Gasteiger partial charge in [-0.05, 0) is 55.9 Å². The van der Waals surface area contributed by atoms with Gasteiger partial charge in [0.2, 0.25) is 0 Å². The summed E-state index contributed by atoms with van der Waals surface area (Å²) in [5.74, 6) is -0.160. The normalized spacial score (nSPS) is 12.2. The van der Waals surface area contributed by atoms with Crippen molar-refractivity contribution in [1.29, 1.82) is 0 Å². The molecule has 0 saturated carbocycles. The summed E-state index contributed by atoms with van der Waals surface area (Å²) in [4.78, 5) is 42.8. The second-order valence-corrected chi connectivity index (χ2v) is 11.0. The van der Waals surface area contributed by atoms with E-state index in [4.69, 9.17) is 0 Å². The first-order chi connectivity index (χ1) is 22.8. The van der Waals surface area contributed by atoms with Crippen molar-refractivity contribution in [1.82, 2.24) is 0 Å². The molecule has 0 aliphatic rings. The lowest BCUT2D eigenvalue weighted by molar-refractivity contribution is -0.393. The van der Waals surface area contributed by atoms with E-state index in [0.717, 1.165) is 46.5 Å². The Morgan fingerprint density at radius 3 is 1.25 bits per heavy atom. The SMILES string of the molecule is Cc1ccc(/C(CC(C)C/C(=N/Nc2ccc([N+](=O)[O-])cc2[N+](=O)[O-])c2ccc(C)cc2)=N\Nc2ccc([N+](=O)[O-])cc2[N+](=O)[O-])cc1. The lowest BCUT2D eigenvalue weighted by Gasteiger charge is -2.17. The first-order valence-electron chi connectivity index (χ1n) is 14.5. The quantitative estimate of drug-likeness (QED) is 0.0766. The zero-order valence-corrected chi connectivity index (χ0v) is 26.0. The van der Waals surface area contributed by atoms with Crippen molar-refractivity contribution < 1.29 is 19.7 Å². The molecule has 4 rings (SSSR count). The Morgan fingerprint density at radius 1 is 0.583 bits per heavy atom. The summed E-state index contributed by atoms with van der Waals surface area (Å²) in [6, 6.07) is 21.5. The van der Waals surface area contributed by atoms with E-state index < -0.39 is 42.4 Å². The molecular weight excluding hydrogens is 624 g/mol. The molecule has 0 fully saturated rings. The van der Waals surface area contributed by atoms with Crippen molar-refractivity contribution in [2.45, 2.75) is 33.6 Å². The van der Waals surface area contributed by atoms with E-state index in [1.165, 1.54) is 12.1 Å². The maximum absolute atomic E-state index is 11.7. The van der Waals surface area contributed by atoms with Crippen molar-refractivity contribution in [2.75, 3.05) is 10.9 Å². The molecule has 0 heterocycles. The van der Waals surface area contributed by atoms with Gasteiger partial charge < -0.3 is 0 Å². The van der Waals surface area contributed by atoms with Gasteiger partial charge in [0.1, 0.15) is 11.4 Å². The van der Waals surface area contributed by atoms with Crippen LogP contribution in [0.2, 0.25) is 0 Å². The van der Waals surface area contributed by atoms with Gasteiger partial charge in [0.15, 0.2) is 0 Å². The van der Waals surface area contributed by atoms with E-state index in [1.807, 2.05) is 69.3 Å². The van der Waals surface area contributed by atoms with Crippen molar-refractivity contribution in [3.8, 4) is 0 Å². The summed E-state index contributed by atoms with van der Waals surface area (Å²) in [5.41, 5.74) is 8.05. The third kappa shape index (κ3) is 8.78. The molecule has 0 unspecified atom stereocenters. The highest BCUT2D eigenvalue weighted by Crippen LogP contribution is 2.31. The van der Waals surface area contributed by atoms with Crippen LogP contribution in [0, 0.1) is 60.2 Å². The van der Waals surface area contributed by atoms with E-state index in [0.29, 0.717) is 24.3 Å². The number of benzene rings is 4. The molecular formula is C32H30N8O8. The number of nitro groups is 4. The minimum absolute atomic E-state index is 0.0290. The summed E-state index contributed by atoms with van der Waals surface area (Å²) in [5, 5.41) is 54.7. The number of hydrogen-bond acceptors (Lipinski definition) is 12. The van der Waals surface area contributed by atoms with Gasteiger partial charge in [-0.1, -0.05) is 66.6 Å². The summed E-state index contributed by atoms with van der Waals surface area (Å²) in [6.45, 7) is 5.79. The monoisotopic (exact) mass is 654 g/mol. The number of hydrazone groups is 2. The van der Waals surface area contributed by atoms with Gasteiger partial charge in [0, 0.05) is 12.1 Å². The summed E-state index contributed by atoms with van der Waals surface area (Å²) < 4.78 is 0. The van der Waals surface area contributed by atoms with Crippen LogP contribution in [0.5, 0.6) is 0 Å². The third-order valence-electron chi connectivity index (χ3n) is 7.25. The van der Waals surface area contributed by atoms with Gasteiger partial charge in [0.05, 0.1) is 43.2 Å². The second-order valence-electron chi connectivity index (χ2n) is 11.0. The Balaban J connectivity index is 1.67. The Bertz CT molecular complexity index is 1790. The fourth-order valence-corrected chi connectivity index (χ4v) is 4.69. The molecule has 0 spiro atoms. The van der Waals surface area contributed by atoms with Crippen LogP contribution in [0.25, 0.3) is 0 Å². The Kier molecular flexibility index (Phi) is 10.8. The lowest BCUT2D eigenvalue weighted by Crippen LogP contribution is -2.15. The molecule has 2 N–H and O–H groups in total. The maximum Gasteiger partial charge on any atom is 0.301 e. The van der Waals surface area contributed by atoms with Crippen LogP contribution in [-0.4, -0.2) is 31.1 Å². The molecule has 0 bridgehead atoms. The second kappa shape index (κ2) is 15.1. The van der Waals surface area contributed by atoms with E-state index >= 15 is 0 Å². The average molecular weight is 655 g/mol. The number of anilines is 2. The van der Waals surface area contributed by atoms with Gasteiger partial charge in [-0.2, -0.15) is 10.2 Å². The van der Waals surface area contributed by atoms with Crippen molar-refractivity contribution in [3.63, 3.8) is 0 Å². The number of nitrogens with one attached hydrogen (secondary N) is 2. The molecule has 16 nitrogen and oxygen atoms in total. The largest absolute Gasteiger partial charge is 0.301 e. The van der Waals surface area contributed by atoms with Crippen LogP contribution < -0.4 is 10.9 Å². The Labute approximate surface area is 273 Å². The zero-order valence-electron chi connectivity index (χ0n) is 26.0. The summed E-state index contributed by atoms with van der Waals surface area (Å²) >= 11 is 0. The van der Waals surface area contributed by atoms with Crippen LogP contribution in [0.3, 0.4) is 0 Å². The molecule has 16 heteroatoms. The molecule has 4 aromatic rings. The predicted octanol–water partition coefficient (Wildman–Crippen LogP) is 7.69. The Morgan fingerprint density at radius 2 is 0.938 bits per heavy atom. The van der Waals surface area contributed by atoms with Gasteiger partial charge >= 0.3 is 11.4 Å². The van der Waals surface area contributed by atoms with E-state index in [1.54, 1.807) is 0 Å². The molecule has 0 aliphatic carbocycles. The van der Waals surface area contributed by atoms with Crippen LogP contribution in [0.4, 0.5) is 34.1 Å². The minimum Gasteiger partial charge on any atom is -0.271 e. The van der Waals surface area contributed by atoms with Crippen LogP contribution >= 0.6 is 0 Å². The first kappa shape index (κ1) is 34.3. The van der Waals surface area contributed by atoms with Crippen molar-refractivity contribution in [2.24, 2.45) is 16.1 Å². The molecule has 0 saturated heterocycles. The Hall–Kier alpha value is -6.58. The highest BCUT2D eigenvalue weighted by molar-refractivity contribution is 6.03. The molecule has 48 heavy (non-hydrogen) atoms. The predicted molar refractivity (Wildman–Crippen MR) is 181 cm³/mol. The summed E-state index contributed by atoms with van der Waals surface area (Å²) in [6.07, 6.45) is 0.693. The molecule has 0 aromatic heterocycles. The van der Waals surface area contributed by atoms with Gasteiger partial charge in [-0.25, -0.2) is 0 Å². The number of non-ortho nitro benzene ring substituents is 2. The fraction of sp³-hybridized carbons (Fsp3) is 0.188. The molecule has 0 atom stereocenters. The molecule has 0 amide bonds. The van der Waals surface area contributed by atoms with Crippen LogP contribution in [-0.2, 0) is 0 Å². The fourth-order valence-electron chi connectivity index (χ4n) is 4.69. The van der Waals surface area contributed by atoms with Crippen LogP contribution in [0.15, 0.2) is 95.1 Å². The topological polar surface area (TPSA) is 221 Å². The maximum atomic E-state index is 11.7. The van der Waals surface area contributed by atoms with Crippen molar-refractivity contribution in [3.05, 3.63) is 148 Å². The minimum atomic E-state index is -0.731. The van der Waals surface area contributed by atoms with E-state index in [9.17, 15) is 40.5 Å². The molecule has 4 aromatic carbocycles. The average Bonchev–Trinajstić information content (AvgIpc) is 3.05. The van der Waals surface area contributed by atoms with E-state index in [-0.39, 0.29) is 17.3 Å². The highest BCUT2D eigenvalue weighted by Gasteiger charge is 2.22. The smallest absolute Gasteiger partial charge is 0.271 e. The van der Waals surface area contributed by atoms with Gasteiger partial charge in [0.25, 0.3) is 11.4 Å². The van der Waals surface area contributed by atoms with Crippen molar-refractivity contribution >= 4 is 45.5 Å². The third-order valence-corrected chi connectivity index (χ3v) is 7.25. The molecule has 0 radical (unpaired) electrons. The summed E-state index contributed by atoms with van der Waals surface area (Å²) in [7, 11) is 0. The standard InChI is InChI=1S/C32H30N8O8/c1-20-4-8-23(9-5-20)29(35-33-27-14-12-25(37(41)42)18-31(27)39(45)46)16-22(3)17-30(24-10-6-21(2)7-11-24)36-34-28-15-13-26(38(43)44)19-32(28)40(47)48/h4-15,18-19,22,33-34H,16-17H2,1-3H3/b35-29-,36-30-. The first-order valence-corrected chi connectivity index (χ1v) is 14.5. The number of rotatable bonds is 14. The lowest BCUT2D eigenvalue weighted by atomic mass is 9.92. The highest BCUT2D eigenvalue weighted by atomic mass is 16.6. The number of aryl methyl sites for hydroxylation is 2. The zero-order chi connectivity index (χ0) is 35.0. The molecule has 246 valence electrons. The molecule has 0 aliphatic heterocycles. The number of hydrogen-bond donors (Lipinski definition) is 2. The van der Waals surface area contributed by atoms with Gasteiger partial charge in [-0.15, -0.1) is 0 Å². The van der Waals surface area contributed by atoms with E-state index in [2.05, 4.69) is 21.1 Å². The van der Waals surface area contributed by atoms with Crippen LogP contribution in [0.1, 0.15) is 42.0 Å².